The molecule has 2 rings (SSSR count). The largest absolute Gasteiger partial charge is 0.416 e. The second-order valence-electron chi connectivity index (χ2n) is 6.58. The lowest BCUT2D eigenvalue weighted by atomic mass is 10.0. The summed E-state index contributed by atoms with van der Waals surface area (Å²) in [5.74, 6) is -0.146. The average molecular weight is 388 g/mol. The lowest BCUT2D eigenvalue weighted by Gasteiger charge is -2.32. The maximum absolute atomic E-state index is 12.7. The van der Waals surface area contributed by atoms with E-state index in [1.54, 1.807) is 0 Å². The molecule has 0 bridgehead atoms. The van der Waals surface area contributed by atoms with Gasteiger partial charge in [0.25, 0.3) is 5.69 Å². The molecule has 1 aromatic carbocycles. The van der Waals surface area contributed by atoms with Crippen molar-refractivity contribution in [1.29, 1.82) is 0 Å². The normalized spacial score (nSPS) is 18.1. The first-order valence-corrected chi connectivity index (χ1v) is 8.78. The van der Waals surface area contributed by atoms with Gasteiger partial charge in [-0.3, -0.25) is 19.8 Å². The number of anilines is 1. The fourth-order valence-corrected chi connectivity index (χ4v) is 3.04. The van der Waals surface area contributed by atoms with Crippen LogP contribution in [0.15, 0.2) is 18.2 Å². The van der Waals surface area contributed by atoms with Crippen LogP contribution in [0.3, 0.4) is 0 Å². The number of nitro groups is 1. The average Bonchev–Trinajstić information content (AvgIpc) is 2.59. The number of likely N-dealkylation sites (tertiary alicyclic amines) is 1. The number of rotatable bonds is 7. The molecule has 1 amide bonds. The molecule has 1 saturated heterocycles. The Morgan fingerprint density at radius 3 is 2.70 bits per heavy atom. The van der Waals surface area contributed by atoms with Crippen LogP contribution in [0.4, 0.5) is 24.5 Å². The van der Waals surface area contributed by atoms with Gasteiger partial charge < -0.3 is 10.6 Å². The van der Waals surface area contributed by atoms with Crippen LogP contribution in [-0.4, -0.2) is 48.0 Å². The molecule has 10 heteroatoms. The molecule has 1 heterocycles. The summed E-state index contributed by atoms with van der Waals surface area (Å²) in [5, 5.41) is 16.4. The Bertz CT molecular complexity index is 682. The second kappa shape index (κ2) is 9.03. The third kappa shape index (κ3) is 6.09. The van der Waals surface area contributed by atoms with E-state index in [0.29, 0.717) is 18.7 Å². The molecule has 0 aromatic heterocycles. The minimum atomic E-state index is -4.65. The van der Waals surface area contributed by atoms with Crippen LogP contribution in [0.25, 0.3) is 0 Å². The van der Waals surface area contributed by atoms with Crippen LogP contribution in [0.2, 0.25) is 0 Å². The Hall–Kier alpha value is -2.36. The van der Waals surface area contributed by atoms with E-state index in [0.717, 1.165) is 37.9 Å². The number of amides is 1. The summed E-state index contributed by atoms with van der Waals surface area (Å²) in [7, 11) is 0. The van der Waals surface area contributed by atoms with Crippen LogP contribution in [0.1, 0.15) is 31.7 Å². The molecular formula is C17H23F3N4O3. The van der Waals surface area contributed by atoms with E-state index in [1.165, 1.54) is 0 Å². The highest BCUT2D eigenvalue weighted by Gasteiger charge is 2.33. The number of piperidine rings is 1. The highest BCUT2D eigenvalue weighted by Crippen LogP contribution is 2.34. The van der Waals surface area contributed by atoms with Crippen molar-refractivity contribution in [3.63, 3.8) is 0 Å². The lowest BCUT2D eigenvalue weighted by molar-refractivity contribution is -0.384. The molecule has 7 nitrogen and oxygen atoms in total. The van der Waals surface area contributed by atoms with Gasteiger partial charge in [-0.1, -0.05) is 6.42 Å². The van der Waals surface area contributed by atoms with Crippen molar-refractivity contribution in [1.82, 2.24) is 10.2 Å². The minimum Gasteiger partial charge on any atom is -0.378 e. The number of nitrogens with zero attached hydrogens (tertiary/aromatic N) is 2. The molecule has 27 heavy (non-hydrogen) atoms. The molecule has 0 saturated carbocycles. The lowest BCUT2D eigenvalue weighted by Crippen LogP contribution is -2.45. The van der Waals surface area contributed by atoms with E-state index < -0.39 is 22.4 Å². The smallest absolute Gasteiger partial charge is 0.378 e. The molecule has 0 aliphatic carbocycles. The summed E-state index contributed by atoms with van der Waals surface area (Å²) in [6.07, 6.45) is -1.36. The molecule has 1 atom stereocenters. The van der Waals surface area contributed by atoms with Gasteiger partial charge in [0.05, 0.1) is 17.0 Å². The van der Waals surface area contributed by atoms with E-state index in [-0.39, 0.29) is 24.7 Å². The molecule has 1 aliphatic rings. The summed E-state index contributed by atoms with van der Waals surface area (Å²) in [6, 6.07) is 2.67. The van der Waals surface area contributed by atoms with Crippen LogP contribution in [0.5, 0.6) is 0 Å². The van der Waals surface area contributed by atoms with Crippen LogP contribution >= 0.6 is 0 Å². The number of benzene rings is 1. The number of nitrogens with one attached hydrogen (secondary N) is 2. The Morgan fingerprint density at radius 2 is 2.07 bits per heavy atom. The zero-order valence-corrected chi connectivity index (χ0v) is 15.0. The summed E-state index contributed by atoms with van der Waals surface area (Å²) in [6.45, 7) is 3.62. The molecule has 2 N–H and O–H groups in total. The molecule has 0 radical (unpaired) electrons. The summed E-state index contributed by atoms with van der Waals surface area (Å²) >= 11 is 0. The number of carbonyl (C=O) groups excluding carboxylic acids is 1. The first kappa shape index (κ1) is 20.9. The van der Waals surface area contributed by atoms with Gasteiger partial charge in [-0.2, -0.15) is 13.2 Å². The highest BCUT2D eigenvalue weighted by molar-refractivity contribution is 5.78. The summed E-state index contributed by atoms with van der Waals surface area (Å²) in [4.78, 5) is 24.2. The number of halogens is 3. The van der Waals surface area contributed by atoms with Gasteiger partial charge in [0.2, 0.25) is 5.91 Å². The van der Waals surface area contributed by atoms with Crippen molar-refractivity contribution < 1.29 is 22.9 Å². The summed E-state index contributed by atoms with van der Waals surface area (Å²) in [5.41, 5.74) is -1.76. The van der Waals surface area contributed by atoms with Crippen LogP contribution in [0, 0.1) is 10.1 Å². The van der Waals surface area contributed by atoms with Crippen molar-refractivity contribution in [3.05, 3.63) is 33.9 Å². The first-order valence-electron chi connectivity index (χ1n) is 8.78. The Balaban J connectivity index is 1.84. The number of alkyl halides is 3. The SMILES string of the molecule is C[C@H]1CCCCN1CC(=O)NCCNc1ccc(C(F)(F)F)cc1[N+](=O)[O-]. The van der Waals surface area contributed by atoms with E-state index in [4.69, 9.17) is 0 Å². The maximum Gasteiger partial charge on any atom is 0.416 e. The van der Waals surface area contributed by atoms with Crippen molar-refractivity contribution in [2.24, 2.45) is 0 Å². The van der Waals surface area contributed by atoms with Gasteiger partial charge in [0, 0.05) is 25.2 Å². The molecular weight excluding hydrogens is 365 g/mol. The quantitative estimate of drug-likeness (QED) is 0.426. The van der Waals surface area contributed by atoms with Crippen molar-refractivity contribution in [2.75, 3.05) is 31.5 Å². The predicted octanol–water partition coefficient (Wildman–Crippen LogP) is 3.02. The highest BCUT2D eigenvalue weighted by atomic mass is 19.4. The fraction of sp³-hybridized carbons (Fsp3) is 0.588. The number of carbonyl (C=O) groups is 1. The monoisotopic (exact) mass is 388 g/mol. The topological polar surface area (TPSA) is 87.5 Å². The molecule has 1 aromatic rings. The van der Waals surface area contributed by atoms with Gasteiger partial charge >= 0.3 is 6.18 Å². The van der Waals surface area contributed by atoms with Gasteiger partial charge in [0.1, 0.15) is 5.69 Å². The molecule has 1 aliphatic heterocycles. The zero-order chi connectivity index (χ0) is 20.0. The Morgan fingerprint density at radius 1 is 1.33 bits per heavy atom. The number of nitro benzene ring substituents is 1. The van der Waals surface area contributed by atoms with Gasteiger partial charge in [-0.25, -0.2) is 0 Å². The number of hydrogen-bond acceptors (Lipinski definition) is 5. The van der Waals surface area contributed by atoms with Crippen LogP contribution < -0.4 is 10.6 Å². The van der Waals surface area contributed by atoms with E-state index in [9.17, 15) is 28.1 Å². The van der Waals surface area contributed by atoms with Crippen molar-refractivity contribution in [3.8, 4) is 0 Å². The zero-order valence-electron chi connectivity index (χ0n) is 15.0. The molecule has 150 valence electrons. The van der Waals surface area contributed by atoms with E-state index >= 15 is 0 Å². The van der Waals surface area contributed by atoms with E-state index in [2.05, 4.69) is 22.5 Å². The Kier molecular flexibility index (Phi) is 7.00. The maximum atomic E-state index is 12.7. The van der Waals surface area contributed by atoms with Gasteiger partial charge in [-0.15, -0.1) is 0 Å². The van der Waals surface area contributed by atoms with E-state index in [1.807, 2.05) is 0 Å². The predicted molar refractivity (Wildman–Crippen MR) is 94.5 cm³/mol. The van der Waals surface area contributed by atoms with Gasteiger partial charge in [0.15, 0.2) is 0 Å². The molecule has 1 fully saturated rings. The molecule has 0 spiro atoms. The van der Waals surface area contributed by atoms with Gasteiger partial charge in [-0.05, 0) is 38.4 Å². The summed E-state index contributed by atoms with van der Waals surface area (Å²) < 4.78 is 38.1. The molecule has 0 unspecified atom stereocenters. The third-order valence-electron chi connectivity index (χ3n) is 4.57. The first-order chi connectivity index (χ1) is 12.7. The van der Waals surface area contributed by atoms with Crippen molar-refractivity contribution >= 4 is 17.3 Å². The Labute approximate surface area is 155 Å². The number of hydrogen-bond donors (Lipinski definition) is 2. The fourth-order valence-electron chi connectivity index (χ4n) is 3.04. The third-order valence-corrected chi connectivity index (χ3v) is 4.57. The second-order valence-corrected chi connectivity index (χ2v) is 6.58. The standard InChI is InChI=1S/C17H23F3N4O3/c1-12-4-2-3-9-23(12)11-16(25)22-8-7-21-14-6-5-13(17(18,19)20)10-15(14)24(26)27/h5-6,10,12,21H,2-4,7-9,11H2,1H3,(H,22,25)/t12-/m0/s1. The van der Waals surface area contributed by atoms with Crippen molar-refractivity contribution in [2.45, 2.75) is 38.4 Å². The van der Waals surface area contributed by atoms with Crippen LogP contribution in [-0.2, 0) is 11.0 Å². The minimum absolute atomic E-state index is 0.0214.